The Kier molecular flexibility index (Phi) is 3.62. The van der Waals surface area contributed by atoms with Crippen molar-refractivity contribution in [1.82, 2.24) is 4.98 Å². The van der Waals surface area contributed by atoms with Crippen molar-refractivity contribution in [2.45, 2.75) is 33.1 Å². The van der Waals surface area contributed by atoms with Gasteiger partial charge >= 0.3 is 0 Å². The lowest BCUT2D eigenvalue weighted by Gasteiger charge is -2.21. The molecule has 1 aromatic heterocycles. The quantitative estimate of drug-likeness (QED) is 0.931. The maximum absolute atomic E-state index is 5.79. The molecule has 3 heteroatoms. The van der Waals surface area contributed by atoms with Crippen LogP contribution in [0, 0.1) is 13.8 Å². The van der Waals surface area contributed by atoms with Gasteiger partial charge in [0.1, 0.15) is 5.82 Å². The van der Waals surface area contributed by atoms with Crippen LogP contribution in [0.2, 0.25) is 0 Å². The van der Waals surface area contributed by atoms with E-state index in [1.807, 2.05) is 0 Å². The minimum Gasteiger partial charge on any atom is -0.356 e. The first-order valence-corrected chi connectivity index (χ1v) is 7.55. The second-order valence-electron chi connectivity index (χ2n) is 5.80. The molecular weight excluding hydrogens is 246 g/mol. The zero-order chi connectivity index (χ0) is 14.1. The van der Waals surface area contributed by atoms with Crippen LogP contribution in [0.25, 0.3) is 10.9 Å². The third kappa shape index (κ3) is 2.27. The van der Waals surface area contributed by atoms with Gasteiger partial charge in [0.25, 0.3) is 0 Å². The molecule has 1 fully saturated rings. The van der Waals surface area contributed by atoms with Crippen LogP contribution in [0.3, 0.4) is 0 Å². The van der Waals surface area contributed by atoms with Gasteiger partial charge in [0, 0.05) is 18.5 Å². The van der Waals surface area contributed by atoms with Gasteiger partial charge in [-0.1, -0.05) is 12.1 Å². The van der Waals surface area contributed by atoms with Crippen molar-refractivity contribution in [3.05, 3.63) is 34.9 Å². The van der Waals surface area contributed by atoms with Gasteiger partial charge in [0.05, 0.1) is 5.52 Å². The van der Waals surface area contributed by atoms with Crippen molar-refractivity contribution in [2.75, 3.05) is 24.5 Å². The molecule has 0 unspecified atom stereocenters. The van der Waals surface area contributed by atoms with E-state index in [0.717, 1.165) is 30.8 Å². The lowest BCUT2D eigenvalue weighted by Crippen LogP contribution is -2.21. The number of benzene rings is 1. The number of nitrogens with two attached hydrogens (primary N) is 1. The van der Waals surface area contributed by atoms with Crippen molar-refractivity contribution in [1.29, 1.82) is 0 Å². The first kappa shape index (κ1) is 13.4. The summed E-state index contributed by atoms with van der Waals surface area (Å²) >= 11 is 0. The maximum atomic E-state index is 5.79. The van der Waals surface area contributed by atoms with Crippen LogP contribution in [0.1, 0.15) is 29.5 Å². The third-order valence-corrected chi connectivity index (χ3v) is 4.28. The number of fused-ring (bicyclic) bond motifs is 1. The summed E-state index contributed by atoms with van der Waals surface area (Å²) in [5.41, 5.74) is 10.8. The molecule has 0 spiro atoms. The predicted molar refractivity (Wildman–Crippen MR) is 85.4 cm³/mol. The monoisotopic (exact) mass is 269 g/mol. The minimum absolute atomic E-state index is 0.679. The summed E-state index contributed by atoms with van der Waals surface area (Å²) in [6.45, 7) is 7.23. The van der Waals surface area contributed by atoms with Crippen LogP contribution in [-0.4, -0.2) is 24.6 Å². The number of pyridine rings is 1. The van der Waals surface area contributed by atoms with Gasteiger partial charge in [-0.05, 0) is 62.4 Å². The predicted octanol–water partition coefficient (Wildman–Crippen LogP) is 2.95. The zero-order valence-corrected chi connectivity index (χ0v) is 12.4. The summed E-state index contributed by atoms with van der Waals surface area (Å²) in [6, 6.07) is 6.66. The van der Waals surface area contributed by atoms with Crippen LogP contribution in [0.5, 0.6) is 0 Å². The Bertz CT molecular complexity index is 628. The van der Waals surface area contributed by atoms with Gasteiger partial charge in [0.2, 0.25) is 0 Å². The van der Waals surface area contributed by atoms with Crippen LogP contribution in [-0.2, 0) is 6.42 Å². The number of aromatic nitrogens is 1. The molecule has 1 aromatic carbocycles. The van der Waals surface area contributed by atoms with E-state index >= 15 is 0 Å². The van der Waals surface area contributed by atoms with Crippen molar-refractivity contribution >= 4 is 16.7 Å². The van der Waals surface area contributed by atoms with Crippen molar-refractivity contribution in [3.8, 4) is 0 Å². The Morgan fingerprint density at radius 2 is 1.85 bits per heavy atom. The average Bonchev–Trinajstić information content (AvgIpc) is 2.97. The zero-order valence-electron chi connectivity index (χ0n) is 12.4. The molecule has 106 valence electrons. The van der Waals surface area contributed by atoms with E-state index in [1.165, 1.54) is 34.9 Å². The summed E-state index contributed by atoms with van der Waals surface area (Å²) < 4.78 is 0. The van der Waals surface area contributed by atoms with E-state index in [0.29, 0.717) is 6.54 Å². The van der Waals surface area contributed by atoms with Gasteiger partial charge < -0.3 is 10.6 Å². The Morgan fingerprint density at radius 3 is 2.55 bits per heavy atom. The molecule has 3 rings (SSSR count). The second-order valence-corrected chi connectivity index (χ2v) is 5.80. The third-order valence-electron chi connectivity index (χ3n) is 4.28. The number of hydrogen-bond acceptors (Lipinski definition) is 3. The second kappa shape index (κ2) is 5.41. The molecule has 20 heavy (non-hydrogen) atoms. The van der Waals surface area contributed by atoms with Crippen LogP contribution >= 0.6 is 0 Å². The van der Waals surface area contributed by atoms with Crippen LogP contribution in [0.4, 0.5) is 5.82 Å². The molecule has 1 saturated heterocycles. The van der Waals surface area contributed by atoms with Gasteiger partial charge in [-0.3, -0.25) is 0 Å². The number of hydrogen-bond donors (Lipinski definition) is 1. The largest absolute Gasteiger partial charge is 0.356 e. The minimum atomic E-state index is 0.679. The Morgan fingerprint density at radius 1 is 1.15 bits per heavy atom. The smallest absolute Gasteiger partial charge is 0.132 e. The molecule has 1 aliphatic heterocycles. The highest BCUT2D eigenvalue weighted by molar-refractivity contribution is 5.87. The number of nitrogens with zero attached hydrogens (tertiary/aromatic N) is 2. The van der Waals surface area contributed by atoms with Crippen LogP contribution in [0.15, 0.2) is 18.2 Å². The van der Waals surface area contributed by atoms with E-state index in [9.17, 15) is 0 Å². The number of rotatable bonds is 3. The molecule has 2 N–H and O–H groups in total. The maximum Gasteiger partial charge on any atom is 0.132 e. The highest BCUT2D eigenvalue weighted by Gasteiger charge is 2.18. The normalized spacial score (nSPS) is 15.2. The first-order chi connectivity index (χ1) is 9.70. The summed E-state index contributed by atoms with van der Waals surface area (Å²) in [6.07, 6.45) is 3.45. The number of aryl methyl sites for hydroxylation is 2. The van der Waals surface area contributed by atoms with Crippen molar-refractivity contribution in [2.24, 2.45) is 5.73 Å². The molecule has 2 heterocycles. The molecule has 0 saturated carbocycles. The van der Waals surface area contributed by atoms with E-state index in [-0.39, 0.29) is 0 Å². The Labute approximate surface area is 120 Å². The topological polar surface area (TPSA) is 42.2 Å². The van der Waals surface area contributed by atoms with Gasteiger partial charge in [0.15, 0.2) is 0 Å². The highest BCUT2D eigenvalue weighted by Crippen LogP contribution is 2.29. The van der Waals surface area contributed by atoms with Gasteiger partial charge in [-0.25, -0.2) is 4.98 Å². The van der Waals surface area contributed by atoms with Gasteiger partial charge in [-0.2, -0.15) is 0 Å². The molecule has 0 bridgehead atoms. The lowest BCUT2D eigenvalue weighted by atomic mass is 10.0. The van der Waals surface area contributed by atoms with E-state index in [4.69, 9.17) is 10.7 Å². The summed E-state index contributed by atoms with van der Waals surface area (Å²) in [7, 11) is 0. The summed E-state index contributed by atoms with van der Waals surface area (Å²) in [4.78, 5) is 7.43. The molecule has 3 nitrogen and oxygen atoms in total. The SMILES string of the molecule is Cc1ccc(C)c2nc(N3CCCC3)c(CCN)cc12. The standard InChI is InChI=1S/C17H23N3/c1-12-5-6-13(2)16-15(12)11-14(7-8-18)17(19-16)20-9-3-4-10-20/h5-6,11H,3-4,7-10,18H2,1-2H3. The van der Waals surface area contributed by atoms with Gasteiger partial charge in [-0.15, -0.1) is 0 Å². The Balaban J connectivity index is 2.20. The van der Waals surface area contributed by atoms with E-state index in [1.54, 1.807) is 0 Å². The first-order valence-electron chi connectivity index (χ1n) is 7.55. The Hall–Kier alpha value is -1.61. The van der Waals surface area contributed by atoms with E-state index < -0.39 is 0 Å². The van der Waals surface area contributed by atoms with Crippen molar-refractivity contribution in [3.63, 3.8) is 0 Å². The number of anilines is 1. The molecule has 2 aromatic rings. The van der Waals surface area contributed by atoms with Crippen molar-refractivity contribution < 1.29 is 0 Å². The molecular formula is C17H23N3. The van der Waals surface area contributed by atoms with E-state index in [2.05, 4.69) is 36.9 Å². The summed E-state index contributed by atoms with van der Waals surface area (Å²) in [5.74, 6) is 1.16. The molecule has 0 amide bonds. The molecule has 1 aliphatic rings. The molecule has 0 atom stereocenters. The fourth-order valence-corrected chi connectivity index (χ4v) is 3.11. The summed E-state index contributed by atoms with van der Waals surface area (Å²) in [5, 5.41) is 1.27. The average molecular weight is 269 g/mol. The fourth-order valence-electron chi connectivity index (χ4n) is 3.11. The fraction of sp³-hybridized carbons (Fsp3) is 0.471. The lowest BCUT2D eigenvalue weighted by molar-refractivity contribution is 0.897. The highest BCUT2D eigenvalue weighted by atomic mass is 15.2. The van der Waals surface area contributed by atoms with Crippen LogP contribution < -0.4 is 10.6 Å². The molecule has 0 radical (unpaired) electrons. The molecule has 0 aliphatic carbocycles.